The van der Waals surface area contributed by atoms with Crippen molar-refractivity contribution in [3.05, 3.63) is 47.5 Å². The number of rotatable bonds is 7. The van der Waals surface area contributed by atoms with Crippen LogP contribution in [0.1, 0.15) is 29.8 Å². The van der Waals surface area contributed by atoms with E-state index in [0.29, 0.717) is 17.1 Å². The first-order chi connectivity index (χ1) is 12.5. The normalized spacial score (nSPS) is 10.0. The van der Waals surface area contributed by atoms with E-state index in [1.807, 2.05) is 38.1 Å². The molecular formula is C20H23NO5. The Morgan fingerprint density at radius 2 is 1.58 bits per heavy atom. The predicted octanol–water partition coefficient (Wildman–Crippen LogP) is 4.07. The van der Waals surface area contributed by atoms with Crippen LogP contribution in [-0.2, 0) is 16.2 Å². The average Bonchev–Trinajstić information content (AvgIpc) is 2.66. The van der Waals surface area contributed by atoms with Crippen LogP contribution in [0.15, 0.2) is 41.6 Å². The highest BCUT2D eigenvalue weighted by atomic mass is 16.6. The lowest BCUT2D eigenvalue weighted by Crippen LogP contribution is -2.01. The standard InChI is InChI=1S/C20H23NO5/c1-13(2)21-26-12-16-10-18(23-3)19(24-4)11-17(16)14-6-8-15(9-7-14)20(22)25-5/h6-11H,12H2,1-5H3. The molecule has 0 aliphatic heterocycles. The molecule has 0 bridgehead atoms. The number of ether oxygens (including phenoxy) is 3. The van der Waals surface area contributed by atoms with Gasteiger partial charge in [-0.25, -0.2) is 4.79 Å². The Hall–Kier alpha value is -3.02. The molecule has 0 unspecified atom stereocenters. The maximum atomic E-state index is 11.6. The van der Waals surface area contributed by atoms with Crippen LogP contribution in [-0.4, -0.2) is 33.0 Å². The largest absolute Gasteiger partial charge is 0.493 e. The molecule has 2 aromatic rings. The van der Waals surface area contributed by atoms with Gasteiger partial charge in [0.1, 0.15) is 6.61 Å². The zero-order valence-corrected chi connectivity index (χ0v) is 15.7. The summed E-state index contributed by atoms with van der Waals surface area (Å²) < 4.78 is 15.5. The van der Waals surface area contributed by atoms with Crippen LogP contribution in [0.2, 0.25) is 0 Å². The highest BCUT2D eigenvalue weighted by molar-refractivity contribution is 5.90. The van der Waals surface area contributed by atoms with Crippen LogP contribution in [0.3, 0.4) is 0 Å². The van der Waals surface area contributed by atoms with Crippen LogP contribution in [0.25, 0.3) is 11.1 Å². The van der Waals surface area contributed by atoms with Crippen molar-refractivity contribution >= 4 is 11.7 Å². The minimum atomic E-state index is -0.375. The van der Waals surface area contributed by atoms with Gasteiger partial charge in [-0.05, 0) is 49.2 Å². The molecule has 0 amide bonds. The van der Waals surface area contributed by atoms with Gasteiger partial charge in [-0.3, -0.25) is 0 Å². The summed E-state index contributed by atoms with van der Waals surface area (Å²) >= 11 is 0. The number of hydrogen-bond donors (Lipinski definition) is 0. The molecule has 0 saturated carbocycles. The second-order valence-corrected chi connectivity index (χ2v) is 5.75. The number of benzene rings is 2. The van der Waals surface area contributed by atoms with Crippen molar-refractivity contribution in [2.45, 2.75) is 20.5 Å². The lowest BCUT2D eigenvalue weighted by Gasteiger charge is -2.15. The fourth-order valence-electron chi connectivity index (χ4n) is 2.44. The molecule has 0 spiro atoms. The van der Waals surface area contributed by atoms with Gasteiger partial charge in [-0.15, -0.1) is 0 Å². The first-order valence-electron chi connectivity index (χ1n) is 8.07. The van der Waals surface area contributed by atoms with E-state index < -0.39 is 0 Å². The van der Waals surface area contributed by atoms with Crippen molar-refractivity contribution in [1.82, 2.24) is 0 Å². The summed E-state index contributed by atoms with van der Waals surface area (Å²) in [4.78, 5) is 17.0. The van der Waals surface area contributed by atoms with Gasteiger partial charge in [0.2, 0.25) is 0 Å². The molecule has 0 N–H and O–H groups in total. The smallest absolute Gasteiger partial charge is 0.337 e. The Kier molecular flexibility index (Phi) is 6.60. The molecule has 2 rings (SSSR count). The van der Waals surface area contributed by atoms with E-state index in [9.17, 15) is 4.79 Å². The molecule has 0 aromatic heterocycles. The minimum absolute atomic E-state index is 0.277. The molecule has 138 valence electrons. The Bertz CT molecular complexity index is 793. The monoisotopic (exact) mass is 357 g/mol. The number of hydrogen-bond acceptors (Lipinski definition) is 6. The Balaban J connectivity index is 2.46. The fourth-order valence-corrected chi connectivity index (χ4v) is 2.44. The van der Waals surface area contributed by atoms with Gasteiger partial charge in [0.15, 0.2) is 11.5 Å². The topological polar surface area (TPSA) is 66.4 Å². The number of oxime groups is 1. The number of carbonyl (C=O) groups is 1. The van der Waals surface area contributed by atoms with E-state index in [4.69, 9.17) is 19.0 Å². The van der Waals surface area contributed by atoms with Crippen LogP contribution >= 0.6 is 0 Å². The van der Waals surface area contributed by atoms with Gasteiger partial charge in [0.25, 0.3) is 0 Å². The minimum Gasteiger partial charge on any atom is -0.493 e. The van der Waals surface area contributed by atoms with Crippen molar-refractivity contribution < 1.29 is 23.8 Å². The summed E-state index contributed by atoms with van der Waals surface area (Å²) in [5, 5.41) is 3.98. The quantitative estimate of drug-likeness (QED) is 0.424. The second kappa shape index (κ2) is 8.89. The molecule has 0 saturated heterocycles. The van der Waals surface area contributed by atoms with Crippen molar-refractivity contribution in [2.24, 2.45) is 5.16 Å². The number of carbonyl (C=O) groups excluding carboxylic acids is 1. The van der Waals surface area contributed by atoms with E-state index >= 15 is 0 Å². The van der Waals surface area contributed by atoms with Crippen molar-refractivity contribution in [3.63, 3.8) is 0 Å². The third-order valence-corrected chi connectivity index (χ3v) is 3.69. The van der Waals surface area contributed by atoms with E-state index in [0.717, 1.165) is 22.4 Å². The second-order valence-electron chi connectivity index (χ2n) is 5.75. The maximum absolute atomic E-state index is 11.6. The van der Waals surface area contributed by atoms with E-state index in [1.165, 1.54) is 7.11 Å². The molecule has 0 aliphatic rings. The summed E-state index contributed by atoms with van der Waals surface area (Å²) in [6, 6.07) is 10.9. The molecule has 6 nitrogen and oxygen atoms in total. The fraction of sp³-hybridized carbons (Fsp3) is 0.300. The number of nitrogens with zero attached hydrogens (tertiary/aromatic N) is 1. The van der Waals surface area contributed by atoms with Gasteiger partial charge >= 0.3 is 5.97 Å². The Morgan fingerprint density at radius 1 is 0.962 bits per heavy atom. The molecule has 2 aromatic carbocycles. The zero-order valence-electron chi connectivity index (χ0n) is 15.7. The highest BCUT2D eigenvalue weighted by Crippen LogP contribution is 2.36. The number of esters is 1. The van der Waals surface area contributed by atoms with Crippen LogP contribution in [0.4, 0.5) is 0 Å². The summed E-state index contributed by atoms with van der Waals surface area (Å²) in [6.07, 6.45) is 0. The van der Waals surface area contributed by atoms with E-state index in [1.54, 1.807) is 26.4 Å². The SMILES string of the molecule is COC(=O)c1ccc(-c2cc(OC)c(OC)cc2CON=C(C)C)cc1. The van der Waals surface area contributed by atoms with Gasteiger partial charge in [0.05, 0.1) is 32.6 Å². The molecule has 6 heteroatoms. The Morgan fingerprint density at radius 3 is 2.12 bits per heavy atom. The van der Waals surface area contributed by atoms with Gasteiger partial charge in [-0.2, -0.15) is 0 Å². The van der Waals surface area contributed by atoms with E-state index in [-0.39, 0.29) is 12.6 Å². The molecule has 0 atom stereocenters. The highest BCUT2D eigenvalue weighted by Gasteiger charge is 2.14. The molecule has 26 heavy (non-hydrogen) atoms. The van der Waals surface area contributed by atoms with Crippen molar-refractivity contribution in [2.75, 3.05) is 21.3 Å². The first-order valence-corrected chi connectivity index (χ1v) is 8.07. The lowest BCUT2D eigenvalue weighted by atomic mass is 9.98. The summed E-state index contributed by atoms with van der Waals surface area (Å²) in [5.74, 6) is 0.844. The summed E-state index contributed by atoms with van der Waals surface area (Å²) in [5.41, 5.74) is 4.02. The van der Waals surface area contributed by atoms with Crippen LogP contribution < -0.4 is 9.47 Å². The van der Waals surface area contributed by atoms with Crippen LogP contribution in [0, 0.1) is 0 Å². The summed E-state index contributed by atoms with van der Waals surface area (Å²) in [6.45, 7) is 4.00. The third-order valence-electron chi connectivity index (χ3n) is 3.69. The first kappa shape index (κ1) is 19.3. The molecule has 0 radical (unpaired) electrons. The molecule has 0 fully saturated rings. The summed E-state index contributed by atoms with van der Waals surface area (Å²) in [7, 11) is 4.53. The maximum Gasteiger partial charge on any atom is 0.337 e. The third kappa shape index (κ3) is 4.53. The Labute approximate surface area is 153 Å². The average molecular weight is 357 g/mol. The lowest BCUT2D eigenvalue weighted by molar-refractivity contribution is 0.0601. The molecule has 0 aliphatic carbocycles. The zero-order chi connectivity index (χ0) is 19.1. The van der Waals surface area contributed by atoms with Crippen molar-refractivity contribution in [1.29, 1.82) is 0 Å². The van der Waals surface area contributed by atoms with Gasteiger partial charge < -0.3 is 19.0 Å². The predicted molar refractivity (Wildman–Crippen MR) is 99.9 cm³/mol. The molecule has 0 heterocycles. The van der Waals surface area contributed by atoms with Crippen molar-refractivity contribution in [3.8, 4) is 22.6 Å². The van der Waals surface area contributed by atoms with Gasteiger partial charge in [0, 0.05) is 5.56 Å². The number of methoxy groups -OCH3 is 3. The molecular weight excluding hydrogens is 334 g/mol. The van der Waals surface area contributed by atoms with Gasteiger partial charge in [-0.1, -0.05) is 17.3 Å². The van der Waals surface area contributed by atoms with E-state index in [2.05, 4.69) is 5.16 Å². The van der Waals surface area contributed by atoms with Crippen LogP contribution in [0.5, 0.6) is 11.5 Å².